The summed E-state index contributed by atoms with van der Waals surface area (Å²) in [6, 6.07) is 14.9. The van der Waals surface area contributed by atoms with Crippen LogP contribution >= 0.6 is 35.0 Å². The summed E-state index contributed by atoms with van der Waals surface area (Å²) in [6.45, 7) is 0. The summed E-state index contributed by atoms with van der Waals surface area (Å²) in [5, 5.41) is 9.97. The van der Waals surface area contributed by atoms with Gasteiger partial charge in [-0.3, -0.25) is 4.79 Å². The Labute approximate surface area is 138 Å². The lowest BCUT2D eigenvalue weighted by molar-refractivity contribution is -0.136. The molecule has 0 radical (unpaired) electrons. The maximum Gasteiger partial charge on any atom is 0.316 e. The molecule has 0 fully saturated rings. The number of thioether (sulfide) groups is 1. The van der Waals surface area contributed by atoms with Crippen molar-refractivity contribution in [2.24, 2.45) is 0 Å². The Morgan fingerprint density at radius 1 is 1.05 bits per heavy atom. The minimum absolute atomic E-state index is 0.475. The van der Waals surface area contributed by atoms with Crippen LogP contribution in [-0.2, 0) is 17.0 Å². The maximum absolute atomic E-state index is 11.4. The van der Waals surface area contributed by atoms with Gasteiger partial charge in [0, 0.05) is 15.8 Å². The van der Waals surface area contributed by atoms with Gasteiger partial charge in [-0.2, -0.15) is 0 Å². The molecule has 2 rings (SSSR count). The van der Waals surface area contributed by atoms with E-state index in [1.54, 1.807) is 18.2 Å². The van der Waals surface area contributed by atoms with E-state index in [-0.39, 0.29) is 0 Å². The number of rotatable bonds is 6. The fourth-order valence-corrected chi connectivity index (χ4v) is 3.72. The van der Waals surface area contributed by atoms with E-state index in [4.69, 9.17) is 23.2 Å². The molecule has 1 unspecified atom stereocenters. The summed E-state index contributed by atoms with van der Waals surface area (Å²) in [7, 11) is 0. The van der Waals surface area contributed by atoms with Crippen LogP contribution < -0.4 is 0 Å². The van der Waals surface area contributed by atoms with E-state index in [1.165, 1.54) is 11.8 Å². The first-order chi connectivity index (χ1) is 10.1. The fraction of sp³-hybridized carbons (Fsp3) is 0.188. The van der Waals surface area contributed by atoms with E-state index in [2.05, 4.69) is 0 Å². The van der Waals surface area contributed by atoms with Gasteiger partial charge >= 0.3 is 5.97 Å². The number of carboxylic acids is 1. The Hall–Kier alpha value is -1.16. The number of hydrogen-bond acceptors (Lipinski definition) is 2. The number of carboxylic acid groups (broad SMARTS) is 1. The van der Waals surface area contributed by atoms with Crippen molar-refractivity contribution in [1.29, 1.82) is 0 Å². The Balaban J connectivity index is 2.06. The highest BCUT2D eigenvalue weighted by Gasteiger charge is 2.19. The number of carbonyl (C=O) groups is 1. The van der Waals surface area contributed by atoms with Gasteiger partial charge in [-0.15, -0.1) is 11.8 Å². The van der Waals surface area contributed by atoms with Crippen LogP contribution in [0.5, 0.6) is 0 Å². The summed E-state index contributed by atoms with van der Waals surface area (Å²) in [4.78, 5) is 11.4. The topological polar surface area (TPSA) is 37.3 Å². The average Bonchev–Trinajstić information content (AvgIpc) is 2.46. The monoisotopic (exact) mass is 340 g/mol. The van der Waals surface area contributed by atoms with E-state index in [1.807, 2.05) is 30.3 Å². The highest BCUT2D eigenvalue weighted by molar-refractivity contribution is 7.99. The third-order valence-corrected chi connectivity index (χ3v) is 4.96. The largest absolute Gasteiger partial charge is 0.480 e. The highest BCUT2D eigenvalue weighted by atomic mass is 35.5. The summed E-state index contributed by atoms with van der Waals surface area (Å²) < 4.78 is 0. The van der Waals surface area contributed by atoms with Gasteiger partial charge in [0.25, 0.3) is 0 Å². The number of aliphatic carboxylic acids is 1. The van der Waals surface area contributed by atoms with Gasteiger partial charge in [-0.1, -0.05) is 59.6 Å². The van der Waals surface area contributed by atoms with Crippen LogP contribution in [0.2, 0.25) is 10.0 Å². The first-order valence-corrected chi connectivity index (χ1v) is 8.19. The van der Waals surface area contributed by atoms with Crippen LogP contribution in [0, 0.1) is 0 Å². The van der Waals surface area contributed by atoms with E-state index in [9.17, 15) is 9.90 Å². The summed E-state index contributed by atoms with van der Waals surface area (Å²) in [6.07, 6.45) is 0.475. The molecule has 2 aromatic rings. The minimum Gasteiger partial charge on any atom is -0.480 e. The molecule has 0 aromatic heterocycles. The third kappa shape index (κ3) is 4.67. The summed E-state index contributed by atoms with van der Waals surface area (Å²) >= 11 is 13.6. The van der Waals surface area contributed by atoms with Gasteiger partial charge in [0.05, 0.1) is 0 Å². The summed E-state index contributed by atoms with van der Waals surface area (Å²) in [5.41, 5.74) is 1.79. The predicted octanol–water partition coefficient (Wildman–Crippen LogP) is 4.92. The molecule has 0 spiro atoms. The molecule has 2 aromatic carbocycles. The average molecular weight is 341 g/mol. The van der Waals surface area contributed by atoms with E-state index < -0.39 is 11.2 Å². The van der Waals surface area contributed by atoms with Gasteiger partial charge in [-0.25, -0.2) is 0 Å². The predicted molar refractivity (Wildman–Crippen MR) is 89.3 cm³/mol. The Morgan fingerprint density at radius 3 is 2.24 bits per heavy atom. The zero-order chi connectivity index (χ0) is 15.2. The van der Waals surface area contributed by atoms with Crippen molar-refractivity contribution in [3.8, 4) is 0 Å². The van der Waals surface area contributed by atoms with Crippen molar-refractivity contribution < 1.29 is 9.90 Å². The molecule has 0 bridgehead atoms. The molecule has 5 heteroatoms. The number of benzene rings is 2. The SMILES string of the molecule is O=C(O)C(Cc1ccccc1)SCc1c(Cl)cccc1Cl. The first kappa shape index (κ1) is 16.2. The second-order valence-electron chi connectivity index (χ2n) is 4.53. The molecule has 1 N–H and O–H groups in total. The van der Waals surface area contributed by atoms with Crippen molar-refractivity contribution >= 4 is 40.9 Å². The van der Waals surface area contributed by atoms with Gasteiger partial charge in [0.1, 0.15) is 5.25 Å². The summed E-state index contributed by atoms with van der Waals surface area (Å²) in [5.74, 6) is -0.352. The molecule has 21 heavy (non-hydrogen) atoms. The molecule has 0 heterocycles. The van der Waals surface area contributed by atoms with E-state index >= 15 is 0 Å². The molecule has 2 nitrogen and oxygen atoms in total. The fourth-order valence-electron chi connectivity index (χ4n) is 1.90. The Kier molecular flexibility index (Phi) is 5.97. The number of hydrogen-bond donors (Lipinski definition) is 1. The molecule has 0 aliphatic carbocycles. The van der Waals surface area contributed by atoms with Gasteiger partial charge in [-0.05, 0) is 29.7 Å². The van der Waals surface area contributed by atoms with Gasteiger partial charge in [0.15, 0.2) is 0 Å². The molecular formula is C16H14Cl2O2S. The smallest absolute Gasteiger partial charge is 0.316 e. The molecule has 0 amide bonds. The van der Waals surface area contributed by atoms with Crippen LogP contribution in [0.1, 0.15) is 11.1 Å². The lowest BCUT2D eigenvalue weighted by Crippen LogP contribution is -2.19. The quantitative estimate of drug-likeness (QED) is 0.810. The molecule has 0 saturated heterocycles. The lowest BCUT2D eigenvalue weighted by atomic mass is 10.1. The molecule has 0 aliphatic heterocycles. The molecule has 0 aliphatic rings. The maximum atomic E-state index is 11.4. The van der Waals surface area contributed by atoms with Crippen LogP contribution in [0.25, 0.3) is 0 Å². The van der Waals surface area contributed by atoms with Crippen LogP contribution in [0.4, 0.5) is 0 Å². The number of halogens is 2. The molecular weight excluding hydrogens is 327 g/mol. The zero-order valence-corrected chi connectivity index (χ0v) is 13.5. The second kappa shape index (κ2) is 7.74. The van der Waals surface area contributed by atoms with Crippen molar-refractivity contribution in [2.75, 3.05) is 0 Å². The van der Waals surface area contributed by atoms with Crippen LogP contribution in [0.3, 0.4) is 0 Å². The normalized spacial score (nSPS) is 12.1. The van der Waals surface area contributed by atoms with Gasteiger partial charge < -0.3 is 5.11 Å². The highest BCUT2D eigenvalue weighted by Crippen LogP contribution is 2.30. The Morgan fingerprint density at radius 2 is 1.67 bits per heavy atom. The van der Waals surface area contributed by atoms with E-state index in [0.29, 0.717) is 22.2 Å². The van der Waals surface area contributed by atoms with E-state index in [0.717, 1.165) is 11.1 Å². The minimum atomic E-state index is -0.827. The van der Waals surface area contributed by atoms with Crippen LogP contribution in [-0.4, -0.2) is 16.3 Å². The first-order valence-electron chi connectivity index (χ1n) is 6.39. The second-order valence-corrected chi connectivity index (χ2v) is 6.53. The molecule has 110 valence electrons. The molecule has 0 saturated carbocycles. The Bertz CT molecular complexity index is 597. The van der Waals surface area contributed by atoms with Crippen molar-refractivity contribution in [3.05, 3.63) is 69.7 Å². The van der Waals surface area contributed by atoms with Crippen molar-refractivity contribution in [3.63, 3.8) is 0 Å². The van der Waals surface area contributed by atoms with Crippen molar-refractivity contribution in [2.45, 2.75) is 17.4 Å². The standard InChI is InChI=1S/C16H14Cl2O2S/c17-13-7-4-8-14(18)12(13)10-21-15(16(19)20)9-11-5-2-1-3-6-11/h1-8,15H,9-10H2,(H,19,20). The zero-order valence-electron chi connectivity index (χ0n) is 11.1. The van der Waals surface area contributed by atoms with Crippen LogP contribution in [0.15, 0.2) is 48.5 Å². The third-order valence-electron chi connectivity index (χ3n) is 3.03. The van der Waals surface area contributed by atoms with Gasteiger partial charge in [0.2, 0.25) is 0 Å². The van der Waals surface area contributed by atoms with Crippen molar-refractivity contribution in [1.82, 2.24) is 0 Å². The molecule has 1 atom stereocenters. The lowest BCUT2D eigenvalue weighted by Gasteiger charge is -2.13.